The fraction of sp³-hybridized carbons (Fsp3) is 0.478. The molecule has 2 fully saturated rings. The maximum atomic E-state index is 13.4. The van der Waals surface area contributed by atoms with Gasteiger partial charge in [-0.3, -0.25) is 9.78 Å². The fourth-order valence-electron chi connectivity index (χ4n) is 5.06. The van der Waals surface area contributed by atoms with Crippen molar-refractivity contribution in [3.8, 4) is 0 Å². The first-order chi connectivity index (χ1) is 14.3. The van der Waals surface area contributed by atoms with E-state index in [-0.39, 0.29) is 35.4 Å². The number of rotatable bonds is 3. The molecular weight excluding hydrogens is 405 g/mol. The Morgan fingerprint density at radius 1 is 1.17 bits per heavy atom. The number of aliphatic hydroxyl groups is 1. The molecule has 160 valence electrons. The molecule has 1 aromatic heterocycles. The van der Waals surface area contributed by atoms with Gasteiger partial charge in [0.15, 0.2) is 0 Å². The number of piperidine rings is 1. The second-order valence-electron chi connectivity index (χ2n) is 8.65. The van der Waals surface area contributed by atoms with Crippen molar-refractivity contribution in [3.63, 3.8) is 0 Å². The summed E-state index contributed by atoms with van der Waals surface area (Å²) < 4.78 is 13.4. The zero-order valence-corrected chi connectivity index (χ0v) is 17.9. The molecule has 2 aliphatic rings. The Morgan fingerprint density at radius 2 is 1.83 bits per heavy atom. The summed E-state index contributed by atoms with van der Waals surface area (Å²) in [6.45, 7) is 6.11. The Kier molecular flexibility index (Phi) is 5.84. The molecule has 2 unspecified atom stereocenters. The first kappa shape index (κ1) is 21.2. The predicted octanol–water partition coefficient (Wildman–Crippen LogP) is 3.18. The summed E-state index contributed by atoms with van der Waals surface area (Å²) in [5, 5.41) is 15.4. The lowest BCUT2D eigenvalue weighted by molar-refractivity contribution is -0.152. The number of likely N-dealkylation sites (tertiary alicyclic amines) is 1. The van der Waals surface area contributed by atoms with Gasteiger partial charge < -0.3 is 15.3 Å². The normalized spacial score (nSPS) is 31.7. The molecule has 0 saturated carbocycles. The minimum absolute atomic E-state index is 0.00159. The quantitative estimate of drug-likeness (QED) is 0.783. The molecule has 4 rings (SSSR count). The van der Waals surface area contributed by atoms with Gasteiger partial charge in [-0.15, -0.1) is 0 Å². The van der Waals surface area contributed by atoms with Crippen molar-refractivity contribution in [2.45, 2.75) is 25.4 Å². The van der Waals surface area contributed by atoms with Crippen LogP contribution < -0.4 is 5.32 Å². The van der Waals surface area contributed by atoms with Crippen LogP contribution >= 0.6 is 11.6 Å². The summed E-state index contributed by atoms with van der Waals surface area (Å²) in [6.07, 6.45) is 1.62. The molecule has 5 nitrogen and oxygen atoms in total. The summed E-state index contributed by atoms with van der Waals surface area (Å²) >= 11 is 5.96. The van der Waals surface area contributed by atoms with Crippen molar-refractivity contribution in [3.05, 3.63) is 64.7 Å². The van der Waals surface area contributed by atoms with Gasteiger partial charge in [0.1, 0.15) is 5.82 Å². The zero-order valence-electron chi connectivity index (χ0n) is 17.2. The van der Waals surface area contributed by atoms with Crippen LogP contribution in [0.4, 0.5) is 4.39 Å². The smallest absolute Gasteiger partial charge is 0.227 e. The SMILES string of the molecule is CC1CN(C(=O)[C@@H]2CNC[C@H]2c2ccc(Cl)cn2)CC(C)C1(O)c1ccc(F)cc1. The largest absolute Gasteiger partial charge is 0.384 e. The van der Waals surface area contributed by atoms with Crippen molar-refractivity contribution >= 4 is 17.5 Å². The molecule has 0 aliphatic carbocycles. The third-order valence-corrected chi connectivity index (χ3v) is 6.99. The van der Waals surface area contributed by atoms with Crippen molar-refractivity contribution in [2.75, 3.05) is 26.2 Å². The van der Waals surface area contributed by atoms with Crippen LogP contribution in [0.3, 0.4) is 0 Å². The molecule has 7 heteroatoms. The summed E-state index contributed by atoms with van der Waals surface area (Å²) in [4.78, 5) is 19.7. The lowest BCUT2D eigenvalue weighted by atomic mass is 9.70. The lowest BCUT2D eigenvalue weighted by Gasteiger charge is -2.48. The van der Waals surface area contributed by atoms with Crippen LogP contribution in [0.25, 0.3) is 0 Å². The number of benzene rings is 1. The van der Waals surface area contributed by atoms with Gasteiger partial charge in [0.05, 0.1) is 16.5 Å². The van der Waals surface area contributed by atoms with E-state index in [1.54, 1.807) is 24.4 Å². The summed E-state index contributed by atoms with van der Waals surface area (Å²) in [6, 6.07) is 9.72. The van der Waals surface area contributed by atoms with Crippen molar-refractivity contribution in [1.82, 2.24) is 15.2 Å². The van der Waals surface area contributed by atoms with Crippen LogP contribution in [0.2, 0.25) is 5.02 Å². The summed E-state index contributed by atoms with van der Waals surface area (Å²) in [5.74, 6) is -0.810. The number of halogens is 2. The number of nitrogens with zero attached hydrogens (tertiary/aromatic N) is 2. The number of pyridine rings is 1. The maximum Gasteiger partial charge on any atom is 0.227 e. The molecule has 4 atom stereocenters. The molecule has 0 spiro atoms. The van der Waals surface area contributed by atoms with E-state index < -0.39 is 5.60 Å². The Bertz CT molecular complexity index is 894. The van der Waals surface area contributed by atoms with E-state index in [9.17, 15) is 14.3 Å². The highest BCUT2D eigenvalue weighted by molar-refractivity contribution is 6.30. The highest BCUT2D eigenvalue weighted by Gasteiger charge is 2.48. The molecular formula is C23H27ClFN3O2. The summed E-state index contributed by atoms with van der Waals surface area (Å²) in [7, 11) is 0. The Balaban J connectivity index is 1.52. The van der Waals surface area contributed by atoms with Gasteiger partial charge in [0.2, 0.25) is 5.91 Å². The van der Waals surface area contributed by atoms with Crippen LogP contribution in [0.5, 0.6) is 0 Å². The van der Waals surface area contributed by atoms with Crippen LogP contribution in [0, 0.1) is 23.6 Å². The van der Waals surface area contributed by atoms with Gasteiger partial charge in [-0.2, -0.15) is 0 Å². The first-order valence-corrected chi connectivity index (χ1v) is 10.8. The minimum Gasteiger partial charge on any atom is -0.384 e. The van der Waals surface area contributed by atoms with E-state index in [4.69, 9.17) is 11.6 Å². The molecule has 2 aliphatic heterocycles. The number of hydrogen-bond donors (Lipinski definition) is 2. The predicted molar refractivity (Wildman–Crippen MR) is 114 cm³/mol. The van der Waals surface area contributed by atoms with Gasteiger partial charge >= 0.3 is 0 Å². The summed E-state index contributed by atoms with van der Waals surface area (Å²) in [5.41, 5.74) is 0.459. The first-order valence-electron chi connectivity index (χ1n) is 10.4. The molecule has 2 N–H and O–H groups in total. The van der Waals surface area contributed by atoms with Gasteiger partial charge in [0.25, 0.3) is 0 Å². The molecule has 1 aromatic carbocycles. The zero-order chi connectivity index (χ0) is 21.5. The second-order valence-corrected chi connectivity index (χ2v) is 9.09. The van der Waals surface area contributed by atoms with E-state index in [2.05, 4.69) is 10.3 Å². The van der Waals surface area contributed by atoms with E-state index >= 15 is 0 Å². The van der Waals surface area contributed by atoms with Crippen LogP contribution in [0.1, 0.15) is 31.0 Å². The highest BCUT2D eigenvalue weighted by Crippen LogP contribution is 2.42. The topological polar surface area (TPSA) is 65.5 Å². The molecule has 1 amide bonds. The molecule has 30 heavy (non-hydrogen) atoms. The number of carbonyl (C=O) groups excluding carboxylic acids is 1. The Labute approximate surface area is 181 Å². The number of carbonyl (C=O) groups is 1. The van der Waals surface area contributed by atoms with Gasteiger partial charge in [-0.05, 0) is 29.8 Å². The van der Waals surface area contributed by atoms with Crippen molar-refractivity contribution in [1.29, 1.82) is 0 Å². The fourth-order valence-corrected chi connectivity index (χ4v) is 5.17. The van der Waals surface area contributed by atoms with Crippen molar-refractivity contribution < 1.29 is 14.3 Å². The third-order valence-electron chi connectivity index (χ3n) is 6.77. The third kappa shape index (κ3) is 3.72. The second kappa shape index (κ2) is 8.25. The Hall–Kier alpha value is -2.02. The van der Waals surface area contributed by atoms with E-state index in [1.165, 1.54) is 12.1 Å². The van der Waals surface area contributed by atoms with Crippen molar-refractivity contribution in [2.24, 2.45) is 17.8 Å². The van der Waals surface area contributed by atoms with E-state index in [0.717, 1.165) is 5.69 Å². The van der Waals surface area contributed by atoms with E-state index in [1.807, 2.05) is 24.8 Å². The lowest BCUT2D eigenvalue weighted by Crippen LogP contribution is -2.57. The van der Waals surface area contributed by atoms with Gasteiger partial charge in [-0.1, -0.05) is 37.6 Å². The van der Waals surface area contributed by atoms with Crippen LogP contribution in [-0.2, 0) is 10.4 Å². The van der Waals surface area contributed by atoms with Crippen LogP contribution in [0.15, 0.2) is 42.6 Å². The molecule has 0 radical (unpaired) electrons. The van der Waals surface area contributed by atoms with Gasteiger partial charge in [-0.25, -0.2) is 4.39 Å². The monoisotopic (exact) mass is 431 g/mol. The Morgan fingerprint density at radius 3 is 2.43 bits per heavy atom. The molecule has 2 aromatic rings. The van der Waals surface area contributed by atoms with E-state index in [0.29, 0.717) is 36.8 Å². The number of amides is 1. The average Bonchev–Trinajstić information content (AvgIpc) is 3.22. The molecule has 3 heterocycles. The maximum absolute atomic E-state index is 13.4. The minimum atomic E-state index is -1.10. The van der Waals surface area contributed by atoms with Crippen LogP contribution in [-0.4, -0.2) is 47.1 Å². The molecule has 0 bridgehead atoms. The number of hydrogen-bond acceptors (Lipinski definition) is 4. The highest BCUT2D eigenvalue weighted by atomic mass is 35.5. The number of aromatic nitrogens is 1. The average molecular weight is 432 g/mol. The standard InChI is InChI=1S/C23H27ClFN3O2/c1-14-12-28(13-15(2)23(14,30)16-3-6-18(25)7-4-16)22(29)20-11-26-10-19(20)21-8-5-17(24)9-27-21/h3-9,14-15,19-20,26,30H,10-13H2,1-2H3/t14?,15?,19-,20-,23?/m1/s1. The number of nitrogens with one attached hydrogen (secondary N) is 1. The van der Waals surface area contributed by atoms with Gasteiger partial charge in [0, 0.05) is 55.8 Å². The molecule has 2 saturated heterocycles.